The van der Waals surface area contributed by atoms with Crippen molar-refractivity contribution in [3.05, 3.63) is 45.6 Å². The molecule has 5 nitrogen and oxygen atoms in total. The van der Waals surface area contributed by atoms with Gasteiger partial charge in [-0.2, -0.15) is 0 Å². The molecular formula is C20H22O5. The molecule has 132 valence electrons. The lowest BCUT2D eigenvalue weighted by atomic mass is 9.86. The first-order valence-electron chi connectivity index (χ1n) is 8.44. The van der Waals surface area contributed by atoms with Crippen molar-refractivity contribution >= 4 is 17.7 Å². The van der Waals surface area contributed by atoms with E-state index >= 15 is 0 Å². The van der Waals surface area contributed by atoms with E-state index in [1.54, 1.807) is 32.9 Å². The van der Waals surface area contributed by atoms with Crippen molar-refractivity contribution in [1.29, 1.82) is 0 Å². The number of allylic oxidation sites excluding steroid dienone is 2. The molecule has 0 fully saturated rings. The van der Waals surface area contributed by atoms with Gasteiger partial charge in [0.1, 0.15) is 12.2 Å². The molecule has 2 aliphatic carbocycles. The molecule has 0 spiro atoms. The average Bonchev–Trinajstić information content (AvgIpc) is 2.96. The molecule has 0 unspecified atom stereocenters. The highest BCUT2D eigenvalue weighted by molar-refractivity contribution is 6.09. The van der Waals surface area contributed by atoms with E-state index < -0.39 is 24.1 Å². The minimum Gasteiger partial charge on any atom is -0.454 e. The van der Waals surface area contributed by atoms with Gasteiger partial charge in [0.05, 0.1) is 5.92 Å². The number of ether oxygens (including phenoxy) is 2. The highest BCUT2D eigenvalue weighted by Gasteiger charge is 2.49. The molecule has 0 amide bonds. The number of ketones is 1. The molecule has 0 bridgehead atoms. The lowest BCUT2D eigenvalue weighted by molar-refractivity contribution is -0.143. The summed E-state index contributed by atoms with van der Waals surface area (Å²) in [5, 5.41) is 0. The molecule has 5 heteroatoms. The van der Waals surface area contributed by atoms with E-state index in [9.17, 15) is 14.4 Å². The number of hydrogen-bond donors (Lipinski definition) is 0. The van der Waals surface area contributed by atoms with Crippen molar-refractivity contribution in [3.63, 3.8) is 0 Å². The van der Waals surface area contributed by atoms with E-state index in [0.717, 1.165) is 11.1 Å². The highest BCUT2D eigenvalue weighted by Crippen LogP contribution is 2.46. The van der Waals surface area contributed by atoms with Crippen LogP contribution in [-0.4, -0.2) is 29.9 Å². The fourth-order valence-electron chi connectivity index (χ4n) is 3.84. The van der Waals surface area contributed by atoms with Gasteiger partial charge in [-0.3, -0.25) is 4.79 Å². The first kappa shape index (κ1) is 17.4. The van der Waals surface area contributed by atoms with Crippen molar-refractivity contribution in [3.8, 4) is 0 Å². The molecule has 25 heavy (non-hydrogen) atoms. The lowest BCUT2D eigenvalue weighted by Gasteiger charge is -2.25. The van der Waals surface area contributed by atoms with Gasteiger partial charge < -0.3 is 9.47 Å². The van der Waals surface area contributed by atoms with Gasteiger partial charge in [0.15, 0.2) is 5.78 Å². The van der Waals surface area contributed by atoms with E-state index in [4.69, 9.17) is 9.47 Å². The van der Waals surface area contributed by atoms with Crippen LogP contribution in [0.15, 0.2) is 45.6 Å². The monoisotopic (exact) mass is 342 g/mol. The zero-order valence-corrected chi connectivity index (χ0v) is 15.1. The van der Waals surface area contributed by atoms with Crippen LogP contribution in [0.25, 0.3) is 0 Å². The normalized spacial score (nSPS) is 29.2. The molecule has 0 N–H and O–H groups in total. The minimum atomic E-state index is -0.599. The second-order valence-electron chi connectivity index (χ2n) is 6.90. The van der Waals surface area contributed by atoms with Crippen LogP contribution >= 0.6 is 0 Å². The summed E-state index contributed by atoms with van der Waals surface area (Å²) < 4.78 is 11.3. The summed E-state index contributed by atoms with van der Waals surface area (Å²) >= 11 is 0. The van der Waals surface area contributed by atoms with Crippen LogP contribution in [0, 0.1) is 5.92 Å². The van der Waals surface area contributed by atoms with Crippen molar-refractivity contribution in [1.82, 2.24) is 0 Å². The molecular weight excluding hydrogens is 320 g/mol. The zero-order valence-electron chi connectivity index (χ0n) is 15.1. The SMILES string of the molecule is C/C=C(/C)C(=O)O[C@@H]1CC(C)=C2C(=O)C=C(C)[C@@H]2[C@H]2OC(=O)C(C)=C12. The lowest BCUT2D eigenvalue weighted by Crippen LogP contribution is -2.30. The van der Waals surface area contributed by atoms with Crippen LogP contribution in [0.2, 0.25) is 0 Å². The first-order valence-corrected chi connectivity index (χ1v) is 8.44. The number of esters is 2. The molecule has 0 aromatic heterocycles. The second-order valence-corrected chi connectivity index (χ2v) is 6.90. The Hall–Kier alpha value is -2.43. The molecule has 0 saturated heterocycles. The Morgan fingerprint density at radius 1 is 1.28 bits per heavy atom. The van der Waals surface area contributed by atoms with Crippen LogP contribution in [-0.2, 0) is 23.9 Å². The van der Waals surface area contributed by atoms with E-state index in [2.05, 4.69) is 0 Å². The standard InChI is InChI=1S/C20H22O5/c1-6-9(2)19(22)24-14-8-11(4)15-13(21)7-10(3)16(15)18-17(14)12(5)20(23)25-18/h6-7,14,16,18H,8H2,1-5H3/b9-6-/t14-,16+,18-/m1/s1. The van der Waals surface area contributed by atoms with Gasteiger partial charge in [0.25, 0.3) is 0 Å². The largest absolute Gasteiger partial charge is 0.454 e. The molecule has 0 aromatic rings. The Kier molecular flexibility index (Phi) is 4.27. The fourth-order valence-corrected chi connectivity index (χ4v) is 3.84. The van der Waals surface area contributed by atoms with Gasteiger partial charge in [-0.25, -0.2) is 9.59 Å². The van der Waals surface area contributed by atoms with Gasteiger partial charge in [-0.05, 0) is 40.7 Å². The maximum Gasteiger partial charge on any atom is 0.334 e. The summed E-state index contributed by atoms with van der Waals surface area (Å²) in [6.07, 6.45) is 2.51. The van der Waals surface area contributed by atoms with Gasteiger partial charge in [0.2, 0.25) is 0 Å². The Morgan fingerprint density at radius 3 is 2.60 bits per heavy atom. The molecule has 1 aliphatic heterocycles. The zero-order chi connectivity index (χ0) is 18.5. The first-order chi connectivity index (χ1) is 11.8. The number of carbonyl (C=O) groups excluding carboxylic acids is 3. The van der Waals surface area contributed by atoms with Crippen molar-refractivity contribution in [2.45, 2.75) is 53.2 Å². The molecule has 0 saturated carbocycles. The molecule has 3 atom stereocenters. The summed E-state index contributed by atoms with van der Waals surface area (Å²) in [5.41, 5.74) is 4.09. The number of fused-ring (bicyclic) bond motifs is 3. The summed E-state index contributed by atoms with van der Waals surface area (Å²) in [6.45, 7) is 8.90. The third-order valence-corrected chi connectivity index (χ3v) is 5.31. The number of rotatable bonds is 2. The van der Waals surface area contributed by atoms with Gasteiger partial charge in [-0.15, -0.1) is 0 Å². The Bertz CT molecular complexity index is 806. The van der Waals surface area contributed by atoms with Gasteiger partial charge in [0, 0.05) is 28.7 Å². The average molecular weight is 342 g/mol. The molecule has 0 aromatic carbocycles. The molecule has 0 radical (unpaired) electrons. The summed E-state index contributed by atoms with van der Waals surface area (Å²) in [7, 11) is 0. The summed E-state index contributed by atoms with van der Waals surface area (Å²) in [4.78, 5) is 36.9. The smallest absolute Gasteiger partial charge is 0.334 e. The molecule has 3 rings (SSSR count). The molecule has 3 aliphatic rings. The third-order valence-electron chi connectivity index (χ3n) is 5.31. The van der Waals surface area contributed by atoms with E-state index in [1.807, 2.05) is 13.8 Å². The predicted octanol–water partition coefficient (Wildman–Crippen LogP) is 2.97. The number of hydrogen-bond acceptors (Lipinski definition) is 5. The van der Waals surface area contributed by atoms with Crippen molar-refractivity contribution in [2.24, 2.45) is 5.92 Å². The van der Waals surface area contributed by atoms with Crippen molar-refractivity contribution < 1.29 is 23.9 Å². The van der Waals surface area contributed by atoms with E-state index in [0.29, 0.717) is 28.7 Å². The van der Waals surface area contributed by atoms with E-state index in [-0.39, 0.29) is 11.7 Å². The Balaban J connectivity index is 2.08. The fraction of sp³-hybridized carbons (Fsp3) is 0.450. The van der Waals surface area contributed by atoms with Crippen LogP contribution in [0.1, 0.15) is 41.0 Å². The third kappa shape index (κ3) is 2.68. The van der Waals surface area contributed by atoms with Crippen LogP contribution in [0.4, 0.5) is 0 Å². The van der Waals surface area contributed by atoms with Crippen LogP contribution < -0.4 is 0 Å². The Labute approximate surface area is 147 Å². The Morgan fingerprint density at radius 2 is 1.96 bits per heavy atom. The van der Waals surface area contributed by atoms with Gasteiger partial charge in [-0.1, -0.05) is 17.2 Å². The maximum absolute atomic E-state index is 12.4. The second kappa shape index (κ2) is 6.14. The maximum atomic E-state index is 12.4. The quantitative estimate of drug-likeness (QED) is 0.570. The van der Waals surface area contributed by atoms with Crippen molar-refractivity contribution in [2.75, 3.05) is 0 Å². The van der Waals surface area contributed by atoms with Crippen LogP contribution in [0.3, 0.4) is 0 Å². The topological polar surface area (TPSA) is 69.7 Å². The predicted molar refractivity (Wildman–Crippen MR) is 91.5 cm³/mol. The number of carbonyl (C=O) groups is 3. The summed E-state index contributed by atoms with van der Waals surface area (Å²) in [6, 6.07) is 0. The van der Waals surface area contributed by atoms with Gasteiger partial charge >= 0.3 is 11.9 Å². The molecule has 1 heterocycles. The van der Waals surface area contributed by atoms with Crippen LogP contribution in [0.5, 0.6) is 0 Å². The van der Waals surface area contributed by atoms with E-state index in [1.165, 1.54) is 0 Å². The minimum absolute atomic E-state index is 0.0448. The highest BCUT2D eigenvalue weighted by atomic mass is 16.6. The summed E-state index contributed by atoms with van der Waals surface area (Å²) in [5.74, 6) is -1.16.